The van der Waals surface area contributed by atoms with Gasteiger partial charge in [0.2, 0.25) is 5.82 Å². The first-order valence-corrected chi connectivity index (χ1v) is 6.79. The van der Waals surface area contributed by atoms with E-state index in [-0.39, 0.29) is 12.2 Å². The van der Waals surface area contributed by atoms with E-state index in [9.17, 15) is 31.5 Å². The maximum Gasteiger partial charge on any atom is 0.349 e. The molecule has 9 heteroatoms. The van der Waals surface area contributed by atoms with Gasteiger partial charge in [-0.3, -0.25) is 0 Å². The summed E-state index contributed by atoms with van der Waals surface area (Å²) in [5, 5.41) is 0. The van der Waals surface area contributed by atoms with Crippen LogP contribution >= 0.6 is 0 Å². The summed E-state index contributed by atoms with van der Waals surface area (Å²) in [7, 11) is 0. The lowest BCUT2D eigenvalue weighted by Gasteiger charge is -2.11. The standard InChI is InChI=1S/C16H9F5O4/c1-2-24-15(22)7-5-3-4-6-8(7)25-16(23)9-10(17)12(19)14(21)13(20)11(9)18/h3-6H,2H2,1H3. The smallest absolute Gasteiger partial charge is 0.349 e. The Morgan fingerprint density at radius 3 is 1.92 bits per heavy atom. The van der Waals surface area contributed by atoms with Crippen molar-refractivity contribution in [3.05, 3.63) is 64.5 Å². The molecule has 0 bridgehead atoms. The first kappa shape index (κ1) is 18.4. The van der Waals surface area contributed by atoms with Gasteiger partial charge in [-0.2, -0.15) is 0 Å². The molecular formula is C16H9F5O4. The minimum atomic E-state index is -2.40. The second kappa shape index (κ2) is 7.29. The molecule has 0 amide bonds. The van der Waals surface area contributed by atoms with E-state index in [0.29, 0.717) is 0 Å². The summed E-state index contributed by atoms with van der Waals surface area (Å²) in [6.45, 7) is 1.51. The first-order valence-electron chi connectivity index (χ1n) is 6.79. The summed E-state index contributed by atoms with van der Waals surface area (Å²) in [6, 6.07) is 5.00. The van der Waals surface area contributed by atoms with Crippen LogP contribution in [0.25, 0.3) is 0 Å². The van der Waals surface area contributed by atoms with Gasteiger partial charge in [-0.1, -0.05) is 12.1 Å². The van der Waals surface area contributed by atoms with E-state index in [4.69, 9.17) is 4.74 Å². The fraction of sp³-hybridized carbons (Fsp3) is 0.125. The SMILES string of the molecule is CCOC(=O)c1ccccc1OC(=O)c1c(F)c(F)c(F)c(F)c1F. The van der Waals surface area contributed by atoms with Crippen molar-refractivity contribution >= 4 is 11.9 Å². The molecule has 0 aliphatic rings. The van der Waals surface area contributed by atoms with Gasteiger partial charge in [0, 0.05) is 0 Å². The highest BCUT2D eigenvalue weighted by atomic mass is 19.2. The molecule has 0 saturated carbocycles. The van der Waals surface area contributed by atoms with Crippen LogP contribution in [0.2, 0.25) is 0 Å². The van der Waals surface area contributed by atoms with E-state index < -0.39 is 52.3 Å². The highest BCUT2D eigenvalue weighted by Gasteiger charge is 2.31. The number of esters is 2. The highest BCUT2D eigenvalue weighted by molar-refractivity contribution is 5.96. The van der Waals surface area contributed by atoms with Gasteiger partial charge in [-0.25, -0.2) is 31.5 Å². The van der Waals surface area contributed by atoms with Crippen molar-refractivity contribution in [2.24, 2.45) is 0 Å². The summed E-state index contributed by atoms with van der Waals surface area (Å²) < 4.78 is 75.9. The molecule has 0 atom stereocenters. The van der Waals surface area contributed by atoms with Crippen molar-refractivity contribution in [1.29, 1.82) is 0 Å². The zero-order valence-corrected chi connectivity index (χ0v) is 12.5. The van der Waals surface area contributed by atoms with Crippen molar-refractivity contribution in [3.8, 4) is 5.75 Å². The van der Waals surface area contributed by atoms with Crippen molar-refractivity contribution < 1.29 is 41.0 Å². The van der Waals surface area contributed by atoms with Crippen LogP contribution in [-0.2, 0) is 4.74 Å². The Hall–Kier alpha value is -2.97. The number of halogens is 5. The van der Waals surface area contributed by atoms with E-state index in [1.807, 2.05) is 0 Å². The van der Waals surface area contributed by atoms with Crippen LogP contribution in [0.5, 0.6) is 5.75 Å². The third-order valence-corrected chi connectivity index (χ3v) is 3.00. The maximum absolute atomic E-state index is 13.6. The Bertz CT molecular complexity index is 822. The summed E-state index contributed by atoms with van der Waals surface area (Å²) in [4.78, 5) is 23.6. The predicted molar refractivity (Wildman–Crippen MR) is 73.6 cm³/mol. The second-order valence-corrected chi connectivity index (χ2v) is 4.55. The van der Waals surface area contributed by atoms with Crippen LogP contribution in [0, 0.1) is 29.1 Å². The number of carbonyl (C=O) groups excluding carboxylic acids is 2. The minimum Gasteiger partial charge on any atom is -0.462 e. The van der Waals surface area contributed by atoms with Crippen LogP contribution in [0.3, 0.4) is 0 Å². The highest BCUT2D eigenvalue weighted by Crippen LogP contribution is 2.26. The van der Waals surface area contributed by atoms with Crippen LogP contribution in [-0.4, -0.2) is 18.5 Å². The molecule has 25 heavy (non-hydrogen) atoms. The van der Waals surface area contributed by atoms with Crippen molar-refractivity contribution in [3.63, 3.8) is 0 Å². The summed E-state index contributed by atoms with van der Waals surface area (Å²) in [5.41, 5.74) is -2.03. The molecule has 0 aliphatic heterocycles. The fourth-order valence-corrected chi connectivity index (χ4v) is 1.87. The van der Waals surface area contributed by atoms with Crippen LogP contribution in [0.15, 0.2) is 24.3 Å². The zero-order valence-electron chi connectivity index (χ0n) is 12.5. The van der Waals surface area contributed by atoms with E-state index >= 15 is 0 Å². The van der Waals surface area contributed by atoms with Gasteiger partial charge in [-0.05, 0) is 19.1 Å². The number of benzene rings is 2. The van der Waals surface area contributed by atoms with Gasteiger partial charge >= 0.3 is 11.9 Å². The number of para-hydroxylation sites is 1. The monoisotopic (exact) mass is 360 g/mol. The number of hydrogen-bond donors (Lipinski definition) is 0. The number of ether oxygens (including phenoxy) is 2. The van der Waals surface area contributed by atoms with E-state index in [2.05, 4.69) is 4.74 Å². The molecule has 0 heterocycles. The van der Waals surface area contributed by atoms with E-state index in [1.54, 1.807) is 0 Å². The van der Waals surface area contributed by atoms with Gasteiger partial charge in [0.15, 0.2) is 23.3 Å². The quantitative estimate of drug-likeness (QED) is 0.274. The molecule has 2 aromatic carbocycles. The van der Waals surface area contributed by atoms with Gasteiger partial charge in [0.25, 0.3) is 0 Å². The average Bonchev–Trinajstić information content (AvgIpc) is 2.59. The molecule has 0 radical (unpaired) electrons. The molecule has 0 unspecified atom stereocenters. The third-order valence-electron chi connectivity index (χ3n) is 3.00. The molecule has 0 spiro atoms. The normalized spacial score (nSPS) is 10.5. The number of rotatable bonds is 4. The molecule has 0 fully saturated rings. The maximum atomic E-state index is 13.6. The Labute approximate surface area is 137 Å². The lowest BCUT2D eigenvalue weighted by molar-refractivity contribution is 0.0520. The largest absolute Gasteiger partial charge is 0.462 e. The molecule has 4 nitrogen and oxygen atoms in total. The molecule has 0 aromatic heterocycles. The third kappa shape index (κ3) is 3.44. The van der Waals surface area contributed by atoms with Gasteiger partial charge < -0.3 is 9.47 Å². The molecule has 0 saturated heterocycles. The summed E-state index contributed by atoms with van der Waals surface area (Å²) in [6.07, 6.45) is 0. The fourth-order valence-electron chi connectivity index (χ4n) is 1.87. The zero-order chi connectivity index (χ0) is 18.7. The van der Waals surface area contributed by atoms with Crippen LogP contribution in [0.4, 0.5) is 22.0 Å². The topological polar surface area (TPSA) is 52.6 Å². The molecule has 132 valence electrons. The van der Waals surface area contributed by atoms with E-state index in [1.165, 1.54) is 25.1 Å². The Balaban J connectivity index is 2.45. The Morgan fingerprint density at radius 2 is 1.36 bits per heavy atom. The van der Waals surface area contributed by atoms with Gasteiger partial charge in [-0.15, -0.1) is 0 Å². The first-order chi connectivity index (χ1) is 11.8. The lowest BCUT2D eigenvalue weighted by atomic mass is 10.1. The molecule has 2 rings (SSSR count). The number of hydrogen-bond acceptors (Lipinski definition) is 4. The Kier molecular flexibility index (Phi) is 5.35. The van der Waals surface area contributed by atoms with Crippen molar-refractivity contribution in [2.45, 2.75) is 6.92 Å². The number of carbonyl (C=O) groups is 2. The minimum absolute atomic E-state index is 0.00124. The molecule has 0 N–H and O–H groups in total. The van der Waals surface area contributed by atoms with Crippen LogP contribution in [0.1, 0.15) is 27.6 Å². The average molecular weight is 360 g/mol. The molecule has 0 aliphatic carbocycles. The van der Waals surface area contributed by atoms with Gasteiger partial charge in [0.1, 0.15) is 16.9 Å². The van der Waals surface area contributed by atoms with Crippen LogP contribution < -0.4 is 4.74 Å². The molecular weight excluding hydrogens is 351 g/mol. The lowest BCUT2D eigenvalue weighted by Crippen LogP contribution is -2.18. The summed E-state index contributed by atoms with van der Waals surface area (Å²) >= 11 is 0. The molecule has 2 aromatic rings. The van der Waals surface area contributed by atoms with Crippen molar-refractivity contribution in [1.82, 2.24) is 0 Å². The van der Waals surface area contributed by atoms with Gasteiger partial charge in [0.05, 0.1) is 6.61 Å². The predicted octanol–water partition coefficient (Wildman–Crippen LogP) is 3.78. The van der Waals surface area contributed by atoms with E-state index in [0.717, 1.165) is 6.07 Å². The summed E-state index contributed by atoms with van der Waals surface area (Å²) in [5.74, 6) is -14.9. The Morgan fingerprint density at radius 1 is 0.840 bits per heavy atom. The van der Waals surface area contributed by atoms with Crippen molar-refractivity contribution in [2.75, 3.05) is 6.61 Å². The second-order valence-electron chi connectivity index (χ2n) is 4.55.